The fraction of sp³-hybridized carbons (Fsp3) is 0.393. The molecule has 0 saturated heterocycles. The van der Waals surface area contributed by atoms with E-state index in [4.69, 9.17) is 0 Å². The van der Waals surface area contributed by atoms with Crippen LogP contribution in [0.5, 0.6) is 0 Å². The smallest absolute Gasteiger partial charge is 0.416 e. The van der Waals surface area contributed by atoms with Crippen molar-refractivity contribution in [1.29, 1.82) is 0 Å². The van der Waals surface area contributed by atoms with Gasteiger partial charge in [0.1, 0.15) is 0 Å². The van der Waals surface area contributed by atoms with Crippen LogP contribution in [0.4, 0.5) is 45.5 Å². The second-order valence-corrected chi connectivity index (χ2v) is 11.2. The molecule has 0 amide bonds. The maximum atomic E-state index is 13.9. The predicted molar refractivity (Wildman–Crippen MR) is 147 cm³/mol. The normalized spacial score (nSPS) is 12.4. The average Bonchev–Trinajstić information content (AvgIpc) is 3.60. The largest absolute Gasteiger partial charge is 0.469 e. The van der Waals surface area contributed by atoms with Crippen molar-refractivity contribution in [3.63, 3.8) is 0 Å². The van der Waals surface area contributed by atoms with E-state index in [0.29, 0.717) is 34.1 Å². The van der Waals surface area contributed by atoms with Gasteiger partial charge < -0.3 is 9.64 Å². The first-order valence-electron chi connectivity index (χ1n) is 13.4. The Morgan fingerprint density at radius 1 is 0.913 bits per heavy atom. The SMILES string of the molecule is CCc1sc(CCC(=O)OC)nc1-c1ccc(C(F)(F)F)cc1CN(Cc1cc(C(F)(F)F)cc(C(F)(F)F)c1)c1nnn(C)n1. The Bertz CT molecular complexity index is 1660. The minimum absolute atomic E-state index is 0.00943. The van der Waals surface area contributed by atoms with Crippen LogP contribution in [-0.4, -0.2) is 38.3 Å². The molecule has 2 aromatic carbocycles. The Kier molecular flexibility index (Phi) is 9.98. The van der Waals surface area contributed by atoms with E-state index in [2.05, 4.69) is 25.1 Å². The molecule has 0 aliphatic rings. The summed E-state index contributed by atoms with van der Waals surface area (Å²) < 4.78 is 128. The molecular weight excluding hydrogens is 655 g/mol. The van der Waals surface area contributed by atoms with Crippen LogP contribution in [0.2, 0.25) is 0 Å². The van der Waals surface area contributed by atoms with E-state index >= 15 is 0 Å². The van der Waals surface area contributed by atoms with E-state index in [9.17, 15) is 44.3 Å². The number of thiazole rings is 1. The van der Waals surface area contributed by atoms with Crippen molar-refractivity contribution in [3.05, 3.63) is 74.1 Å². The number of rotatable bonds is 10. The number of nitrogens with zero attached hydrogens (tertiary/aromatic N) is 6. The zero-order valence-corrected chi connectivity index (χ0v) is 25.1. The van der Waals surface area contributed by atoms with Crippen LogP contribution in [0.3, 0.4) is 0 Å². The van der Waals surface area contributed by atoms with Gasteiger partial charge in [-0.25, -0.2) is 4.98 Å². The van der Waals surface area contributed by atoms with Crippen molar-refractivity contribution in [3.8, 4) is 11.3 Å². The van der Waals surface area contributed by atoms with E-state index in [-0.39, 0.29) is 36.0 Å². The van der Waals surface area contributed by atoms with Gasteiger partial charge in [-0.2, -0.15) is 44.3 Å². The third-order valence-corrected chi connectivity index (χ3v) is 7.94. The van der Waals surface area contributed by atoms with E-state index in [1.807, 2.05) is 0 Å². The third kappa shape index (κ3) is 8.32. The number of aromatic nitrogens is 5. The number of anilines is 1. The van der Waals surface area contributed by atoms with Gasteiger partial charge >= 0.3 is 24.5 Å². The summed E-state index contributed by atoms with van der Waals surface area (Å²) in [6, 6.07) is 3.90. The number of benzene rings is 2. The maximum absolute atomic E-state index is 13.9. The molecule has 0 fully saturated rings. The molecule has 0 unspecified atom stereocenters. The van der Waals surface area contributed by atoms with Gasteiger partial charge in [0.15, 0.2) is 0 Å². The highest BCUT2D eigenvalue weighted by atomic mass is 32.1. The molecular formula is C28H25F9N6O2S. The lowest BCUT2D eigenvalue weighted by atomic mass is 9.98. The first kappa shape index (κ1) is 34.6. The molecule has 248 valence electrons. The minimum Gasteiger partial charge on any atom is -0.469 e. The summed E-state index contributed by atoms with van der Waals surface area (Å²) >= 11 is 1.25. The number of aryl methyl sites for hydroxylation is 3. The highest BCUT2D eigenvalue weighted by Crippen LogP contribution is 2.39. The van der Waals surface area contributed by atoms with Crippen LogP contribution in [0, 0.1) is 0 Å². The van der Waals surface area contributed by atoms with Gasteiger partial charge in [0.05, 0.1) is 48.0 Å². The van der Waals surface area contributed by atoms with Crippen molar-refractivity contribution in [2.75, 3.05) is 12.0 Å². The lowest BCUT2D eigenvalue weighted by Crippen LogP contribution is -2.25. The van der Waals surface area contributed by atoms with Crippen LogP contribution in [0.25, 0.3) is 11.3 Å². The van der Waals surface area contributed by atoms with Gasteiger partial charge in [0, 0.05) is 30.0 Å². The summed E-state index contributed by atoms with van der Waals surface area (Å²) in [5, 5.41) is 12.0. The topological polar surface area (TPSA) is 86.0 Å². The van der Waals surface area contributed by atoms with E-state index < -0.39 is 59.8 Å². The number of tetrazole rings is 1. The van der Waals surface area contributed by atoms with E-state index in [0.717, 1.165) is 21.8 Å². The Labute approximate surface area is 259 Å². The van der Waals surface area contributed by atoms with Gasteiger partial charge in [-0.1, -0.05) is 18.1 Å². The van der Waals surface area contributed by atoms with Crippen LogP contribution >= 0.6 is 11.3 Å². The summed E-state index contributed by atoms with van der Waals surface area (Å²) in [5.74, 6) is -0.745. The second-order valence-electron chi connectivity index (χ2n) is 10.0. The molecule has 2 heterocycles. The summed E-state index contributed by atoms with van der Waals surface area (Å²) in [5.41, 5.74) is -4.06. The number of ether oxygens (including phenoxy) is 1. The summed E-state index contributed by atoms with van der Waals surface area (Å²) in [6.07, 6.45) is -14.4. The number of hydrogen-bond acceptors (Lipinski definition) is 8. The lowest BCUT2D eigenvalue weighted by Gasteiger charge is -2.24. The molecule has 2 aromatic heterocycles. The monoisotopic (exact) mass is 680 g/mol. The molecule has 18 heteroatoms. The summed E-state index contributed by atoms with van der Waals surface area (Å²) in [4.78, 5) is 19.0. The second kappa shape index (κ2) is 13.3. The zero-order valence-electron chi connectivity index (χ0n) is 24.3. The number of carbonyl (C=O) groups excluding carboxylic acids is 1. The Morgan fingerprint density at radius 3 is 2.07 bits per heavy atom. The zero-order chi connectivity index (χ0) is 34.0. The number of carbonyl (C=O) groups is 1. The van der Waals surface area contributed by atoms with Crippen molar-refractivity contribution < 1.29 is 49.0 Å². The van der Waals surface area contributed by atoms with Crippen LogP contribution in [0.1, 0.15) is 51.0 Å². The van der Waals surface area contributed by atoms with Crippen molar-refractivity contribution in [1.82, 2.24) is 25.2 Å². The molecule has 4 aromatic rings. The van der Waals surface area contributed by atoms with Crippen LogP contribution < -0.4 is 4.90 Å². The van der Waals surface area contributed by atoms with Gasteiger partial charge in [-0.05, 0) is 53.1 Å². The first-order chi connectivity index (χ1) is 21.4. The fourth-order valence-corrected chi connectivity index (χ4v) is 5.56. The first-order valence-corrected chi connectivity index (χ1v) is 14.2. The molecule has 0 atom stereocenters. The van der Waals surface area contributed by atoms with Crippen molar-refractivity contribution in [2.24, 2.45) is 7.05 Å². The molecule has 0 radical (unpaired) electrons. The standard InChI is InChI=1S/C28H25F9N6O2S/c1-4-21-24(38-22(46-21)7-8-23(44)45-3)20-6-5-17(26(29,30)31)11-16(20)14-43(25-39-41-42(2)40-25)13-15-9-18(27(32,33)34)12-19(10-15)28(35,36)37/h5-6,9-12H,4,7-8,13-14H2,1-3H3. The minimum atomic E-state index is -5.12. The lowest BCUT2D eigenvalue weighted by molar-refractivity contribution is -0.143. The van der Waals surface area contributed by atoms with E-state index in [1.165, 1.54) is 31.6 Å². The average molecular weight is 681 g/mol. The summed E-state index contributed by atoms with van der Waals surface area (Å²) in [7, 11) is 2.58. The number of esters is 1. The van der Waals surface area contributed by atoms with Gasteiger partial charge in [0.2, 0.25) is 0 Å². The van der Waals surface area contributed by atoms with Crippen molar-refractivity contribution >= 4 is 23.3 Å². The fourth-order valence-electron chi connectivity index (χ4n) is 4.53. The third-order valence-electron chi connectivity index (χ3n) is 6.68. The molecule has 46 heavy (non-hydrogen) atoms. The van der Waals surface area contributed by atoms with Crippen molar-refractivity contribution in [2.45, 2.75) is 57.8 Å². The van der Waals surface area contributed by atoms with Crippen LogP contribution in [-0.2, 0) is 61.0 Å². The molecule has 0 aliphatic carbocycles. The van der Waals surface area contributed by atoms with Gasteiger partial charge in [-0.15, -0.1) is 16.4 Å². The number of halogens is 9. The molecule has 0 spiro atoms. The Balaban J connectivity index is 1.84. The quantitative estimate of drug-likeness (QED) is 0.129. The predicted octanol–water partition coefficient (Wildman–Crippen LogP) is 7.26. The van der Waals surface area contributed by atoms with Gasteiger partial charge in [0.25, 0.3) is 5.95 Å². The Morgan fingerprint density at radius 2 is 1.54 bits per heavy atom. The number of methoxy groups -OCH3 is 1. The van der Waals surface area contributed by atoms with Gasteiger partial charge in [-0.3, -0.25) is 4.79 Å². The highest BCUT2D eigenvalue weighted by molar-refractivity contribution is 7.12. The molecule has 4 rings (SSSR count). The Hall–Kier alpha value is -4.22. The summed E-state index contributed by atoms with van der Waals surface area (Å²) in [6.45, 7) is 0.656. The molecule has 0 saturated carbocycles. The highest BCUT2D eigenvalue weighted by Gasteiger charge is 2.37. The number of hydrogen-bond donors (Lipinski definition) is 0. The molecule has 0 N–H and O–H groups in total. The van der Waals surface area contributed by atoms with E-state index in [1.54, 1.807) is 6.92 Å². The van der Waals surface area contributed by atoms with Crippen LogP contribution in [0.15, 0.2) is 36.4 Å². The maximum Gasteiger partial charge on any atom is 0.416 e. The molecule has 8 nitrogen and oxygen atoms in total. The molecule has 0 bridgehead atoms. The molecule has 0 aliphatic heterocycles. The number of alkyl halides is 9.